The van der Waals surface area contributed by atoms with Crippen LogP contribution < -0.4 is 21.7 Å². The minimum absolute atomic E-state index is 0.0316. The highest BCUT2D eigenvalue weighted by Crippen LogP contribution is 2.10. The van der Waals surface area contributed by atoms with Gasteiger partial charge in [-0.3, -0.25) is 19.2 Å². The summed E-state index contributed by atoms with van der Waals surface area (Å²) in [5.41, 5.74) is 5.98. The van der Waals surface area contributed by atoms with Crippen molar-refractivity contribution in [3.63, 3.8) is 0 Å². The van der Waals surface area contributed by atoms with E-state index in [1.54, 1.807) is 13.8 Å². The number of amides is 3. The predicted octanol–water partition coefficient (Wildman–Crippen LogP) is -1.64. The number of nitrogens with one attached hydrogen (secondary N) is 4. The van der Waals surface area contributed by atoms with Gasteiger partial charge in [-0.1, -0.05) is 20.3 Å². The summed E-state index contributed by atoms with van der Waals surface area (Å²) >= 11 is 0. The molecule has 1 aromatic heterocycles. The van der Waals surface area contributed by atoms with Gasteiger partial charge >= 0.3 is 11.9 Å². The van der Waals surface area contributed by atoms with Gasteiger partial charge in [0.1, 0.15) is 18.1 Å². The van der Waals surface area contributed by atoms with Crippen molar-refractivity contribution in [3.8, 4) is 0 Å². The SMILES string of the molecule is CCC(C)C(NC(=O)C(C)NC(=O)C(N)CC(=O)O)C(=O)NC(Cc1cnc[nH]1)C(=O)O. The van der Waals surface area contributed by atoms with E-state index in [0.29, 0.717) is 12.1 Å². The topological polar surface area (TPSA) is 217 Å². The summed E-state index contributed by atoms with van der Waals surface area (Å²) in [5.74, 6) is -5.10. The molecule has 8 N–H and O–H groups in total. The Bertz CT molecular complexity index is 813. The standard InChI is InChI=1S/C19H30N6O7/c1-4-9(2)15(18(30)24-13(19(31)32)5-11-7-21-8-22-11)25-16(28)10(3)23-17(29)12(20)6-14(26)27/h7-10,12-13,15H,4-6,20H2,1-3H3,(H,21,22)(H,23,29)(H,24,30)(H,25,28)(H,26,27)(H,31,32). The van der Waals surface area contributed by atoms with Crippen molar-refractivity contribution < 1.29 is 34.2 Å². The van der Waals surface area contributed by atoms with Crippen molar-refractivity contribution in [2.45, 2.75) is 64.2 Å². The van der Waals surface area contributed by atoms with Crippen molar-refractivity contribution in [2.24, 2.45) is 11.7 Å². The number of imidazole rings is 1. The molecule has 0 radical (unpaired) electrons. The van der Waals surface area contributed by atoms with Gasteiger partial charge in [-0.25, -0.2) is 9.78 Å². The first-order valence-electron chi connectivity index (χ1n) is 10.0. The van der Waals surface area contributed by atoms with Crippen LogP contribution in [0.4, 0.5) is 0 Å². The first-order valence-corrected chi connectivity index (χ1v) is 10.0. The van der Waals surface area contributed by atoms with E-state index in [1.807, 2.05) is 0 Å². The Morgan fingerprint density at radius 2 is 1.72 bits per heavy atom. The summed E-state index contributed by atoms with van der Waals surface area (Å²) < 4.78 is 0. The number of hydrogen-bond acceptors (Lipinski definition) is 7. The Hall–Kier alpha value is -3.48. The quantitative estimate of drug-likeness (QED) is 0.181. The highest BCUT2D eigenvalue weighted by Gasteiger charge is 2.32. The number of carbonyl (C=O) groups excluding carboxylic acids is 3. The number of carbonyl (C=O) groups is 5. The number of aromatic amines is 1. The van der Waals surface area contributed by atoms with E-state index in [0.717, 1.165) is 0 Å². The molecule has 32 heavy (non-hydrogen) atoms. The summed E-state index contributed by atoms with van der Waals surface area (Å²) in [6, 6.07) is -4.77. The minimum Gasteiger partial charge on any atom is -0.481 e. The molecule has 1 heterocycles. The molecule has 0 spiro atoms. The lowest BCUT2D eigenvalue weighted by Crippen LogP contribution is -2.58. The molecule has 13 nitrogen and oxygen atoms in total. The molecule has 0 aromatic carbocycles. The van der Waals surface area contributed by atoms with Crippen molar-refractivity contribution in [1.29, 1.82) is 0 Å². The fourth-order valence-corrected chi connectivity index (χ4v) is 2.72. The van der Waals surface area contributed by atoms with Crippen LogP contribution in [0.15, 0.2) is 12.5 Å². The second-order valence-corrected chi connectivity index (χ2v) is 7.49. The van der Waals surface area contributed by atoms with Crippen LogP contribution in [0.25, 0.3) is 0 Å². The normalized spacial score (nSPS) is 15.5. The van der Waals surface area contributed by atoms with E-state index < -0.39 is 60.2 Å². The molecule has 0 aliphatic carbocycles. The first-order chi connectivity index (χ1) is 15.0. The van der Waals surface area contributed by atoms with Gasteiger partial charge < -0.3 is 36.9 Å². The van der Waals surface area contributed by atoms with Gasteiger partial charge in [0.05, 0.1) is 18.8 Å². The number of nitrogens with two attached hydrogens (primary N) is 1. The van der Waals surface area contributed by atoms with Gasteiger partial charge in [0, 0.05) is 18.3 Å². The summed E-state index contributed by atoms with van der Waals surface area (Å²) in [4.78, 5) is 66.1. The number of nitrogens with zero attached hydrogens (tertiary/aromatic N) is 1. The van der Waals surface area contributed by atoms with E-state index in [4.69, 9.17) is 10.8 Å². The fourth-order valence-electron chi connectivity index (χ4n) is 2.72. The van der Waals surface area contributed by atoms with Crippen LogP contribution in [0, 0.1) is 5.92 Å². The Balaban J connectivity index is 2.82. The molecular formula is C19H30N6O7. The monoisotopic (exact) mass is 454 g/mol. The highest BCUT2D eigenvalue weighted by molar-refractivity contribution is 5.94. The molecule has 0 aliphatic rings. The molecule has 0 saturated heterocycles. The zero-order valence-electron chi connectivity index (χ0n) is 18.1. The number of hydrogen-bond donors (Lipinski definition) is 7. The maximum Gasteiger partial charge on any atom is 0.326 e. The third-order valence-electron chi connectivity index (χ3n) is 4.87. The van der Waals surface area contributed by atoms with Crippen LogP contribution >= 0.6 is 0 Å². The summed E-state index contributed by atoms with van der Waals surface area (Å²) in [6.45, 7) is 4.86. The van der Waals surface area contributed by atoms with E-state index in [-0.39, 0.29) is 12.3 Å². The Labute approximate surface area is 184 Å². The number of rotatable bonds is 13. The van der Waals surface area contributed by atoms with E-state index >= 15 is 0 Å². The van der Waals surface area contributed by atoms with Crippen LogP contribution in [-0.2, 0) is 30.4 Å². The molecule has 178 valence electrons. The average Bonchev–Trinajstić information content (AvgIpc) is 3.22. The van der Waals surface area contributed by atoms with Crippen molar-refractivity contribution in [3.05, 3.63) is 18.2 Å². The minimum atomic E-state index is -1.34. The van der Waals surface area contributed by atoms with Crippen LogP contribution in [0.5, 0.6) is 0 Å². The highest BCUT2D eigenvalue weighted by atomic mass is 16.4. The Morgan fingerprint density at radius 1 is 1.06 bits per heavy atom. The molecule has 0 saturated carbocycles. The van der Waals surface area contributed by atoms with Gasteiger partial charge in [-0.15, -0.1) is 0 Å². The molecule has 13 heteroatoms. The molecule has 5 atom stereocenters. The van der Waals surface area contributed by atoms with E-state index in [2.05, 4.69) is 25.9 Å². The molecule has 0 bridgehead atoms. The first kappa shape index (κ1) is 26.6. The number of aliphatic carboxylic acids is 2. The second-order valence-electron chi connectivity index (χ2n) is 7.49. The van der Waals surface area contributed by atoms with Crippen LogP contribution in [0.3, 0.4) is 0 Å². The lowest BCUT2D eigenvalue weighted by atomic mass is 9.97. The lowest BCUT2D eigenvalue weighted by Gasteiger charge is -2.27. The molecule has 5 unspecified atom stereocenters. The van der Waals surface area contributed by atoms with E-state index in [1.165, 1.54) is 19.4 Å². The van der Waals surface area contributed by atoms with Gasteiger partial charge in [0.2, 0.25) is 17.7 Å². The maximum atomic E-state index is 12.8. The zero-order chi connectivity index (χ0) is 24.4. The molecular weight excluding hydrogens is 424 g/mol. The summed E-state index contributed by atoms with van der Waals surface area (Å²) in [5, 5.41) is 25.4. The second kappa shape index (κ2) is 12.4. The van der Waals surface area contributed by atoms with Crippen LogP contribution in [0.2, 0.25) is 0 Å². The van der Waals surface area contributed by atoms with Gasteiger partial charge in [-0.2, -0.15) is 0 Å². The molecule has 1 aromatic rings. The zero-order valence-corrected chi connectivity index (χ0v) is 18.1. The Morgan fingerprint density at radius 3 is 2.22 bits per heavy atom. The Kier molecular flexibility index (Phi) is 10.3. The van der Waals surface area contributed by atoms with Crippen LogP contribution in [0.1, 0.15) is 39.3 Å². The molecule has 3 amide bonds. The lowest BCUT2D eigenvalue weighted by molar-refractivity contribution is -0.142. The van der Waals surface area contributed by atoms with Gasteiger partial charge in [-0.05, 0) is 12.8 Å². The number of carboxylic acids is 2. The summed E-state index contributed by atoms with van der Waals surface area (Å²) in [7, 11) is 0. The number of aromatic nitrogens is 2. The van der Waals surface area contributed by atoms with Crippen molar-refractivity contribution in [1.82, 2.24) is 25.9 Å². The van der Waals surface area contributed by atoms with E-state index in [9.17, 15) is 29.1 Å². The number of H-pyrrole nitrogens is 1. The average molecular weight is 454 g/mol. The fraction of sp³-hybridized carbons (Fsp3) is 0.579. The van der Waals surface area contributed by atoms with Gasteiger partial charge in [0.25, 0.3) is 0 Å². The van der Waals surface area contributed by atoms with Gasteiger partial charge in [0.15, 0.2) is 0 Å². The predicted molar refractivity (Wildman–Crippen MR) is 111 cm³/mol. The summed E-state index contributed by atoms with van der Waals surface area (Å²) in [6.07, 6.45) is 2.69. The molecule has 1 rings (SSSR count). The maximum absolute atomic E-state index is 12.8. The molecule has 0 aliphatic heterocycles. The van der Waals surface area contributed by atoms with Crippen molar-refractivity contribution >= 4 is 29.7 Å². The number of carboxylic acid groups (broad SMARTS) is 2. The third kappa shape index (κ3) is 8.34. The third-order valence-corrected chi connectivity index (χ3v) is 4.87. The smallest absolute Gasteiger partial charge is 0.326 e. The van der Waals surface area contributed by atoms with Crippen LogP contribution in [-0.4, -0.2) is 74.0 Å². The van der Waals surface area contributed by atoms with Crippen molar-refractivity contribution in [2.75, 3.05) is 0 Å². The molecule has 0 fully saturated rings. The largest absolute Gasteiger partial charge is 0.481 e.